The maximum absolute atomic E-state index is 11.3. The predicted octanol–water partition coefficient (Wildman–Crippen LogP) is 1.43. The molecule has 0 fully saturated rings. The van der Waals surface area contributed by atoms with Gasteiger partial charge in [0.05, 0.1) is 5.56 Å². The van der Waals surface area contributed by atoms with Crippen LogP contribution < -0.4 is 5.73 Å². The van der Waals surface area contributed by atoms with Gasteiger partial charge in [0, 0.05) is 0 Å². The Morgan fingerprint density at radius 1 is 1.43 bits per heavy atom. The number of hydrogen-bond donors (Lipinski definition) is 2. The first-order chi connectivity index (χ1) is 6.70. The lowest BCUT2D eigenvalue weighted by molar-refractivity contribution is 0.0580. The number of ether oxygens (including phenoxy) is 1. The maximum atomic E-state index is 11.3. The highest BCUT2D eigenvalue weighted by atomic mass is 32.2. The molecule has 0 saturated heterocycles. The number of nitrogens with two attached hydrogens (primary N) is 1. The second kappa shape index (κ2) is 5.29. The van der Waals surface area contributed by atoms with Crippen LogP contribution in [0, 0.1) is 5.41 Å². The number of rotatable bonds is 3. The Hall–Kier alpha value is -1.49. The molecule has 0 unspecified atom stereocenters. The van der Waals surface area contributed by atoms with Crippen molar-refractivity contribution >= 4 is 22.9 Å². The Bertz CT molecular complexity index is 327. The first-order valence-corrected chi connectivity index (χ1v) is 4.87. The third kappa shape index (κ3) is 3.49. The van der Waals surface area contributed by atoms with Gasteiger partial charge in [-0.05, 0) is 23.9 Å². The van der Waals surface area contributed by atoms with Gasteiger partial charge in [0.1, 0.15) is 5.94 Å². The van der Waals surface area contributed by atoms with Crippen LogP contribution in [0.3, 0.4) is 0 Å². The van der Waals surface area contributed by atoms with Crippen molar-refractivity contribution in [3.8, 4) is 0 Å². The lowest BCUT2D eigenvalue weighted by Crippen LogP contribution is -2.09. The van der Waals surface area contributed by atoms with E-state index in [9.17, 15) is 4.79 Å². The zero-order valence-electron chi connectivity index (χ0n) is 7.40. The van der Waals surface area contributed by atoms with Crippen molar-refractivity contribution in [2.45, 2.75) is 0 Å². The largest absolute Gasteiger partial charge is 0.451 e. The molecule has 0 heterocycles. The van der Waals surface area contributed by atoms with Crippen LogP contribution >= 0.6 is 11.8 Å². The topological polar surface area (TPSA) is 76.2 Å². The van der Waals surface area contributed by atoms with E-state index in [1.165, 1.54) is 0 Å². The summed E-state index contributed by atoms with van der Waals surface area (Å²) in [6.07, 6.45) is 0. The zero-order valence-corrected chi connectivity index (χ0v) is 8.21. The van der Waals surface area contributed by atoms with Crippen molar-refractivity contribution in [1.29, 1.82) is 5.41 Å². The third-order valence-electron chi connectivity index (χ3n) is 1.41. The Morgan fingerprint density at radius 2 is 2.07 bits per heavy atom. The van der Waals surface area contributed by atoms with Crippen LogP contribution in [0.4, 0.5) is 0 Å². The molecule has 0 amide bonds. The number of carbonyl (C=O) groups excluding carboxylic acids is 1. The minimum Gasteiger partial charge on any atom is -0.451 e. The molecule has 1 rings (SSSR count). The summed E-state index contributed by atoms with van der Waals surface area (Å²) in [6, 6.07) is 8.67. The van der Waals surface area contributed by atoms with E-state index in [1.807, 2.05) is 6.07 Å². The van der Waals surface area contributed by atoms with Crippen molar-refractivity contribution in [3.05, 3.63) is 35.9 Å². The summed E-state index contributed by atoms with van der Waals surface area (Å²) < 4.78 is 4.84. The third-order valence-corrected chi connectivity index (χ3v) is 1.96. The number of amidine groups is 1. The fraction of sp³-hybridized carbons (Fsp3) is 0.111. The molecule has 0 aliphatic rings. The van der Waals surface area contributed by atoms with Gasteiger partial charge in [-0.3, -0.25) is 5.41 Å². The molecular formula is C9H10N2O2S. The van der Waals surface area contributed by atoms with E-state index < -0.39 is 5.97 Å². The quantitative estimate of drug-likeness (QED) is 0.342. The van der Waals surface area contributed by atoms with Gasteiger partial charge in [0.15, 0.2) is 5.17 Å². The first kappa shape index (κ1) is 10.6. The molecule has 0 aliphatic carbocycles. The SMILES string of the molecule is N=C(N)SCOC(=O)c1ccccc1. The number of benzene rings is 1. The maximum Gasteiger partial charge on any atom is 0.338 e. The van der Waals surface area contributed by atoms with E-state index in [2.05, 4.69) is 0 Å². The zero-order chi connectivity index (χ0) is 10.4. The molecule has 5 heteroatoms. The van der Waals surface area contributed by atoms with E-state index in [4.69, 9.17) is 15.9 Å². The van der Waals surface area contributed by atoms with Crippen molar-refractivity contribution in [3.63, 3.8) is 0 Å². The minimum absolute atomic E-state index is 0.0640. The van der Waals surface area contributed by atoms with Gasteiger partial charge in [-0.2, -0.15) is 0 Å². The lowest BCUT2D eigenvalue weighted by atomic mass is 10.2. The number of carbonyl (C=O) groups is 1. The van der Waals surface area contributed by atoms with Gasteiger partial charge < -0.3 is 10.5 Å². The van der Waals surface area contributed by atoms with Crippen LogP contribution in [0.1, 0.15) is 10.4 Å². The Labute approximate surface area is 85.9 Å². The summed E-state index contributed by atoms with van der Waals surface area (Å²) in [4.78, 5) is 11.3. The van der Waals surface area contributed by atoms with Gasteiger partial charge in [-0.15, -0.1) is 0 Å². The molecule has 0 radical (unpaired) electrons. The minimum atomic E-state index is -0.403. The summed E-state index contributed by atoms with van der Waals surface area (Å²) in [5.74, 6) is -0.331. The number of esters is 1. The Morgan fingerprint density at radius 3 is 2.64 bits per heavy atom. The van der Waals surface area contributed by atoms with Crippen molar-refractivity contribution < 1.29 is 9.53 Å². The van der Waals surface area contributed by atoms with Crippen LogP contribution in [-0.4, -0.2) is 17.1 Å². The normalized spacial score (nSPS) is 9.43. The summed E-state index contributed by atoms with van der Waals surface area (Å²) in [7, 11) is 0. The number of hydrogen-bond acceptors (Lipinski definition) is 4. The summed E-state index contributed by atoms with van der Waals surface area (Å²) in [6.45, 7) is 0. The molecule has 3 N–H and O–H groups in total. The van der Waals surface area contributed by atoms with E-state index in [-0.39, 0.29) is 11.1 Å². The predicted molar refractivity (Wildman–Crippen MR) is 56.2 cm³/mol. The van der Waals surface area contributed by atoms with Crippen molar-refractivity contribution in [2.24, 2.45) is 5.73 Å². The van der Waals surface area contributed by atoms with Gasteiger partial charge in [-0.25, -0.2) is 4.79 Å². The van der Waals surface area contributed by atoms with Gasteiger partial charge in [0.2, 0.25) is 0 Å². The molecule has 0 saturated carbocycles. The Kier molecular flexibility index (Phi) is 4.00. The summed E-state index contributed by atoms with van der Waals surface area (Å²) >= 11 is 0.972. The smallest absolute Gasteiger partial charge is 0.338 e. The number of thioether (sulfide) groups is 1. The average molecular weight is 210 g/mol. The van der Waals surface area contributed by atoms with E-state index in [1.54, 1.807) is 24.3 Å². The molecule has 0 bridgehead atoms. The van der Waals surface area contributed by atoms with Crippen LogP contribution in [-0.2, 0) is 4.74 Å². The summed E-state index contributed by atoms with van der Waals surface area (Å²) in [5, 5.41) is 6.83. The van der Waals surface area contributed by atoms with Crippen LogP contribution in [0.15, 0.2) is 30.3 Å². The van der Waals surface area contributed by atoms with Gasteiger partial charge >= 0.3 is 5.97 Å². The molecule has 14 heavy (non-hydrogen) atoms. The molecule has 0 aromatic heterocycles. The van der Waals surface area contributed by atoms with Crippen LogP contribution in [0.2, 0.25) is 0 Å². The van der Waals surface area contributed by atoms with E-state index in [0.29, 0.717) is 5.56 Å². The molecule has 74 valence electrons. The highest BCUT2D eigenvalue weighted by Gasteiger charge is 2.05. The molecule has 4 nitrogen and oxygen atoms in total. The molecule has 1 aromatic carbocycles. The van der Waals surface area contributed by atoms with Crippen molar-refractivity contribution in [2.75, 3.05) is 5.94 Å². The van der Waals surface area contributed by atoms with E-state index >= 15 is 0 Å². The Balaban J connectivity index is 2.40. The molecule has 0 atom stereocenters. The molecule has 1 aromatic rings. The van der Waals surface area contributed by atoms with Gasteiger partial charge in [-0.1, -0.05) is 18.2 Å². The van der Waals surface area contributed by atoms with Crippen LogP contribution in [0.25, 0.3) is 0 Å². The van der Waals surface area contributed by atoms with E-state index in [0.717, 1.165) is 11.8 Å². The van der Waals surface area contributed by atoms with Crippen LogP contribution in [0.5, 0.6) is 0 Å². The second-order valence-electron chi connectivity index (χ2n) is 2.42. The summed E-state index contributed by atoms with van der Waals surface area (Å²) in [5.41, 5.74) is 5.57. The highest BCUT2D eigenvalue weighted by molar-refractivity contribution is 8.13. The number of nitrogens with one attached hydrogen (secondary N) is 1. The second-order valence-corrected chi connectivity index (χ2v) is 3.39. The highest BCUT2D eigenvalue weighted by Crippen LogP contribution is 2.04. The standard InChI is InChI=1S/C9H10N2O2S/c10-9(11)14-6-13-8(12)7-4-2-1-3-5-7/h1-5H,6H2,(H3,10,11). The fourth-order valence-corrected chi connectivity index (χ4v) is 1.10. The first-order valence-electron chi connectivity index (χ1n) is 3.89. The molecule has 0 aliphatic heterocycles. The molecular weight excluding hydrogens is 200 g/mol. The van der Waals surface area contributed by atoms with Gasteiger partial charge in [0.25, 0.3) is 0 Å². The van der Waals surface area contributed by atoms with Crippen molar-refractivity contribution in [1.82, 2.24) is 0 Å². The molecule has 0 spiro atoms. The fourth-order valence-electron chi connectivity index (χ4n) is 0.804. The lowest BCUT2D eigenvalue weighted by Gasteiger charge is -2.02. The average Bonchev–Trinajstić information content (AvgIpc) is 2.18. The monoisotopic (exact) mass is 210 g/mol.